The highest BCUT2D eigenvalue weighted by atomic mass is 32.2. The molecule has 0 bridgehead atoms. The quantitative estimate of drug-likeness (QED) is 0.628. The molecule has 0 heterocycles. The van der Waals surface area contributed by atoms with Crippen LogP contribution in [0.5, 0.6) is 0 Å². The van der Waals surface area contributed by atoms with E-state index in [0.29, 0.717) is 17.9 Å². The van der Waals surface area contributed by atoms with Gasteiger partial charge in [0.2, 0.25) is 11.8 Å². The van der Waals surface area contributed by atoms with E-state index < -0.39 is 6.04 Å². The summed E-state index contributed by atoms with van der Waals surface area (Å²) in [5.41, 5.74) is 2.74. The maximum absolute atomic E-state index is 14.1. The summed E-state index contributed by atoms with van der Waals surface area (Å²) in [7, 11) is 0. The van der Waals surface area contributed by atoms with Crippen molar-refractivity contribution in [1.29, 1.82) is 0 Å². The molecular formula is C23H29FN2O2S. The molecule has 0 saturated heterocycles. The number of benzene rings is 2. The fraction of sp³-hybridized carbons (Fsp3) is 0.391. The summed E-state index contributed by atoms with van der Waals surface area (Å²) in [4.78, 5) is 26.8. The van der Waals surface area contributed by atoms with Crippen molar-refractivity contribution in [1.82, 2.24) is 10.2 Å². The molecule has 0 spiro atoms. The van der Waals surface area contributed by atoms with E-state index in [1.807, 2.05) is 38.1 Å². The predicted molar refractivity (Wildman–Crippen MR) is 117 cm³/mol. The molecule has 4 nitrogen and oxygen atoms in total. The first-order chi connectivity index (χ1) is 13.9. The van der Waals surface area contributed by atoms with Crippen LogP contribution in [0.15, 0.2) is 48.5 Å². The number of carbonyl (C=O) groups is 2. The van der Waals surface area contributed by atoms with Gasteiger partial charge in [0.05, 0.1) is 5.75 Å². The molecule has 0 saturated carbocycles. The van der Waals surface area contributed by atoms with E-state index >= 15 is 0 Å². The summed E-state index contributed by atoms with van der Waals surface area (Å²) < 4.78 is 14.1. The minimum Gasteiger partial charge on any atom is -0.354 e. The SMILES string of the molecule is CCCNC(=O)C(C)N(Cc1ccccc1F)C(=O)CSCc1ccc(C)cc1. The lowest BCUT2D eigenvalue weighted by molar-refractivity contribution is -0.138. The first kappa shape index (κ1) is 22.9. The van der Waals surface area contributed by atoms with E-state index in [1.54, 1.807) is 25.1 Å². The number of hydrogen-bond donors (Lipinski definition) is 1. The van der Waals surface area contributed by atoms with E-state index in [9.17, 15) is 14.0 Å². The Morgan fingerprint density at radius 2 is 1.83 bits per heavy atom. The van der Waals surface area contributed by atoms with E-state index in [1.165, 1.54) is 28.3 Å². The van der Waals surface area contributed by atoms with Gasteiger partial charge in [-0.25, -0.2) is 4.39 Å². The van der Waals surface area contributed by atoms with Crippen LogP contribution in [0.4, 0.5) is 4.39 Å². The fourth-order valence-corrected chi connectivity index (χ4v) is 3.68. The van der Waals surface area contributed by atoms with Crippen LogP contribution in [0.25, 0.3) is 0 Å². The summed E-state index contributed by atoms with van der Waals surface area (Å²) in [6.07, 6.45) is 0.812. The van der Waals surface area contributed by atoms with Gasteiger partial charge >= 0.3 is 0 Å². The average Bonchev–Trinajstić information content (AvgIpc) is 2.72. The van der Waals surface area contributed by atoms with Crippen molar-refractivity contribution in [2.24, 2.45) is 0 Å². The number of carbonyl (C=O) groups excluding carboxylic acids is 2. The van der Waals surface area contributed by atoms with Crippen LogP contribution in [-0.2, 0) is 21.9 Å². The number of nitrogens with one attached hydrogen (secondary N) is 1. The van der Waals surface area contributed by atoms with Gasteiger partial charge in [-0.3, -0.25) is 9.59 Å². The van der Waals surface area contributed by atoms with Crippen LogP contribution < -0.4 is 5.32 Å². The summed E-state index contributed by atoms with van der Waals surface area (Å²) in [5.74, 6) is 0.160. The molecule has 1 atom stereocenters. The Kier molecular flexibility index (Phi) is 9.19. The zero-order chi connectivity index (χ0) is 21.2. The molecule has 2 aromatic rings. The van der Waals surface area contributed by atoms with Gasteiger partial charge in [-0.1, -0.05) is 55.0 Å². The zero-order valence-corrected chi connectivity index (χ0v) is 18.1. The minimum atomic E-state index is -0.673. The molecule has 156 valence electrons. The van der Waals surface area contributed by atoms with Crippen LogP contribution >= 0.6 is 11.8 Å². The molecule has 6 heteroatoms. The minimum absolute atomic E-state index is 0.0668. The number of nitrogens with zero attached hydrogens (tertiary/aromatic N) is 1. The second-order valence-electron chi connectivity index (χ2n) is 7.06. The second kappa shape index (κ2) is 11.6. The molecule has 29 heavy (non-hydrogen) atoms. The Labute approximate surface area is 176 Å². The number of halogens is 1. The highest BCUT2D eigenvalue weighted by Crippen LogP contribution is 2.17. The monoisotopic (exact) mass is 416 g/mol. The van der Waals surface area contributed by atoms with Crippen molar-refractivity contribution in [3.63, 3.8) is 0 Å². The molecule has 2 amide bonds. The third-order valence-electron chi connectivity index (χ3n) is 4.63. The number of aryl methyl sites for hydroxylation is 1. The van der Waals surface area contributed by atoms with E-state index in [-0.39, 0.29) is 29.9 Å². The molecule has 2 rings (SSSR count). The molecule has 0 radical (unpaired) electrons. The number of rotatable bonds is 10. The van der Waals surface area contributed by atoms with Gasteiger partial charge in [0.1, 0.15) is 11.9 Å². The average molecular weight is 417 g/mol. The zero-order valence-electron chi connectivity index (χ0n) is 17.3. The van der Waals surface area contributed by atoms with Crippen LogP contribution in [-0.4, -0.2) is 35.1 Å². The molecule has 0 aliphatic carbocycles. The highest BCUT2D eigenvalue weighted by Gasteiger charge is 2.26. The van der Waals surface area contributed by atoms with Crippen molar-refractivity contribution in [2.45, 2.75) is 45.5 Å². The van der Waals surface area contributed by atoms with Gasteiger partial charge in [0.15, 0.2) is 0 Å². The van der Waals surface area contributed by atoms with Gasteiger partial charge in [-0.05, 0) is 31.9 Å². The summed E-state index contributed by atoms with van der Waals surface area (Å²) >= 11 is 1.49. The van der Waals surface area contributed by atoms with Gasteiger partial charge in [0.25, 0.3) is 0 Å². The fourth-order valence-electron chi connectivity index (χ4n) is 2.81. The lowest BCUT2D eigenvalue weighted by Crippen LogP contribution is -2.48. The smallest absolute Gasteiger partial charge is 0.242 e. The summed E-state index contributed by atoms with van der Waals surface area (Å²) in [6, 6.07) is 13.9. The van der Waals surface area contributed by atoms with E-state index in [0.717, 1.165) is 12.0 Å². The van der Waals surface area contributed by atoms with Crippen LogP contribution in [0.2, 0.25) is 0 Å². The van der Waals surface area contributed by atoms with E-state index in [4.69, 9.17) is 0 Å². The maximum Gasteiger partial charge on any atom is 0.242 e. The maximum atomic E-state index is 14.1. The van der Waals surface area contributed by atoms with Gasteiger partial charge < -0.3 is 10.2 Å². The summed E-state index contributed by atoms with van der Waals surface area (Å²) in [6.45, 7) is 6.31. The molecule has 1 N–H and O–H groups in total. The molecule has 0 fully saturated rings. The topological polar surface area (TPSA) is 49.4 Å². The second-order valence-corrected chi connectivity index (χ2v) is 8.04. The van der Waals surface area contributed by atoms with E-state index in [2.05, 4.69) is 5.32 Å². The van der Waals surface area contributed by atoms with Crippen molar-refractivity contribution in [2.75, 3.05) is 12.3 Å². The Balaban J connectivity index is 2.05. The van der Waals surface area contributed by atoms with Gasteiger partial charge in [0, 0.05) is 24.4 Å². The number of thioether (sulfide) groups is 1. The molecule has 0 aromatic heterocycles. The lowest BCUT2D eigenvalue weighted by Gasteiger charge is -2.29. The Hall–Kier alpha value is -2.34. The third-order valence-corrected chi connectivity index (χ3v) is 5.62. The Morgan fingerprint density at radius 1 is 1.14 bits per heavy atom. The molecule has 1 unspecified atom stereocenters. The van der Waals surface area contributed by atoms with Crippen molar-refractivity contribution < 1.29 is 14.0 Å². The number of amides is 2. The third kappa shape index (κ3) is 7.20. The predicted octanol–water partition coefficient (Wildman–Crippen LogP) is 4.31. The van der Waals surface area contributed by atoms with Crippen LogP contribution in [0.3, 0.4) is 0 Å². The lowest BCUT2D eigenvalue weighted by atomic mass is 10.1. The largest absolute Gasteiger partial charge is 0.354 e. The van der Waals surface area contributed by atoms with Gasteiger partial charge in [-0.15, -0.1) is 11.8 Å². The molecule has 0 aliphatic rings. The first-order valence-electron chi connectivity index (χ1n) is 9.86. The van der Waals surface area contributed by atoms with Crippen molar-refractivity contribution >= 4 is 23.6 Å². The normalized spacial score (nSPS) is 11.7. The number of hydrogen-bond acceptors (Lipinski definition) is 3. The Morgan fingerprint density at radius 3 is 2.48 bits per heavy atom. The van der Waals surface area contributed by atoms with Crippen molar-refractivity contribution in [3.8, 4) is 0 Å². The summed E-state index contributed by atoms with van der Waals surface area (Å²) in [5, 5.41) is 2.82. The Bertz CT molecular complexity index is 811. The molecule has 0 aliphatic heterocycles. The van der Waals surface area contributed by atoms with Crippen molar-refractivity contribution in [3.05, 3.63) is 71.0 Å². The molecular weight excluding hydrogens is 387 g/mol. The first-order valence-corrected chi connectivity index (χ1v) is 11.0. The van der Waals surface area contributed by atoms with Crippen LogP contribution in [0, 0.1) is 12.7 Å². The molecule has 2 aromatic carbocycles. The standard InChI is InChI=1S/C23H29FN2O2S/c1-4-13-25-23(28)18(3)26(14-20-7-5-6-8-21(20)24)22(27)16-29-15-19-11-9-17(2)10-12-19/h5-12,18H,4,13-16H2,1-3H3,(H,25,28). The highest BCUT2D eigenvalue weighted by molar-refractivity contribution is 7.99. The van der Waals surface area contributed by atoms with Crippen LogP contribution in [0.1, 0.15) is 37.0 Å². The van der Waals surface area contributed by atoms with Gasteiger partial charge in [-0.2, -0.15) is 0 Å².